The van der Waals surface area contributed by atoms with Crippen molar-refractivity contribution < 1.29 is 5.11 Å². The number of aliphatic hydroxyl groups is 1. The van der Waals surface area contributed by atoms with Crippen LogP contribution in [0, 0.1) is 11.3 Å². The molecule has 0 spiro atoms. The predicted octanol–water partition coefficient (Wildman–Crippen LogP) is 1.77. The summed E-state index contributed by atoms with van der Waals surface area (Å²) >= 11 is 1.27. The molecule has 1 unspecified atom stereocenters. The van der Waals surface area contributed by atoms with Gasteiger partial charge in [0.2, 0.25) is 0 Å². The van der Waals surface area contributed by atoms with Crippen molar-refractivity contribution in [1.82, 2.24) is 4.98 Å². The Bertz CT molecular complexity index is 322. The Kier molecular flexibility index (Phi) is 3.74. The lowest BCUT2D eigenvalue weighted by Crippen LogP contribution is -1.97. The SMILES string of the molecule is CCC(O)Sc1cc(C#N)ccn1. The molecule has 68 valence electrons. The Hall–Kier alpha value is -1.05. The third kappa shape index (κ3) is 3.05. The van der Waals surface area contributed by atoms with Gasteiger partial charge in [0.25, 0.3) is 0 Å². The van der Waals surface area contributed by atoms with Gasteiger partial charge in [-0.3, -0.25) is 0 Å². The molecule has 0 bridgehead atoms. The average molecular weight is 194 g/mol. The van der Waals surface area contributed by atoms with E-state index in [1.165, 1.54) is 11.8 Å². The standard InChI is InChI=1S/C9H10N2OS/c1-2-9(12)13-8-5-7(6-10)3-4-11-8/h3-5,9,12H,2H2,1H3. The summed E-state index contributed by atoms with van der Waals surface area (Å²) in [7, 11) is 0. The van der Waals surface area contributed by atoms with Gasteiger partial charge in [0.15, 0.2) is 0 Å². The molecule has 13 heavy (non-hydrogen) atoms. The molecule has 4 heteroatoms. The molecule has 1 N–H and O–H groups in total. The highest BCUT2D eigenvalue weighted by molar-refractivity contribution is 7.99. The molecule has 1 atom stereocenters. The van der Waals surface area contributed by atoms with Crippen molar-refractivity contribution in [2.24, 2.45) is 0 Å². The van der Waals surface area contributed by atoms with E-state index in [1.807, 2.05) is 13.0 Å². The van der Waals surface area contributed by atoms with Gasteiger partial charge >= 0.3 is 0 Å². The molecule has 0 aliphatic carbocycles. The number of hydrogen-bond acceptors (Lipinski definition) is 4. The minimum atomic E-state index is -0.443. The van der Waals surface area contributed by atoms with Crippen LogP contribution >= 0.6 is 11.8 Å². The largest absolute Gasteiger partial charge is 0.382 e. The minimum absolute atomic E-state index is 0.443. The molecular formula is C9H10N2OS. The van der Waals surface area contributed by atoms with Gasteiger partial charge in [0.05, 0.1) is 16.7 Å². The highest BCUT2D eigenvalue weighted by atomic mass is 32.2. The van der Waals surface area contributed by atoms with Gasteiger partial charge in [-0.1, -0.05) is 18.7 Å². The van der Waals surface area contributed by atoms with Crippen molar-refractivity contribution in [1.29, 1.82) is 5.26 Å². The van der Waals surface area contributed by atoms with Crippen molar-refractivity contribution in [2.45, 2.75) is 23.8 Å². The molecule has 0 fully saturated rings. The van der Waals surface area contributed by atoms with Gasteiger partial charge in [-0.05, 0) is 18.6 Å². The van der Waals surface area contributed by atoms with E-state index in [2.05, 4.69) is 4.98 Å². The third-order valence-electron chi connectivity index (χ3n) is 1.47. The molecule has 1 heterocycles. The highest BCUT2D eigenvalue weighted by Crippen LogP contribution is 2.21. The number of pyridine rings is 1. The molecule has 0 aliphatic rings. The molecule has 1 aromatic heterocycles. The van der Waals surface area contributed by atoms with Crippen molar-refractivity contribution in [2.75, 3.05) is 0 Å². The number of rotatable bonds is 3. The lowest BCUT2D eigenvalue weighted by molar-refractivity contribution is 0.259. The first-order valence-electron chi connectivity index (χ1n) is 3.97. The fourth-order valence-corrected chi connectivity index (χ4v) is 1.53. The predicted molar refractivity (Wildman–Crippen MR) is 51.1 cm³/mol. The van der Waals surface area contributed by atoms with E-state index in [9.17, 15) is 5.11 Å². The first-order chi connectivity index (χ1) is 6.26. The van der Waals surface area contributed by atoms with Crippen LogP contribution in [0.15, 0.2) is 23.4 Å². The highest BCUT2D eigenvalue weighted by Gasteiger charge is 2.04. The van der Waals surface area contributed by atoms with Gasteiger partial charge < -0.3 is 5.11 Å². The Morgan fingerprint density at radius 1 is 1.77 bits per heavy atom. The first kappa shape index (κ1) is 10.0. The second kappa shape index (κ2) is 4.85. The van der Waals surface area contributed by atoms with Gasteiger partial charge in [0, 0.05) is 6.20 Å². The molecule has 0 saturated carbocycles. The van der Waals surface area contributed by atoms with E-state index in [0.29, 0.717) is 17.0 Å². The zero-order valence-corrected chi connectivity index (χ0v) is 8.08. The Morgan fingerprint density at radius 3 is 3.15 bits per heavy atom. The summed E-state index contributed by atoms with van der Waals surface area (Å²) in [6.07, 6.45) is 2.24. The Balaban J connectivity index is 2.73. The summed E-state index contributed by atoms with van der Waals surface area (Å²) in [6, 6.07) is 5.34. The molecule has 3 nitrogen and oxygen atoms in total. The van der Waals surface area contributed by atoms with Crippen molar-refractivity contribution in [3.8, 4) is 6.07 Å². The average Bonchev–Trinajstić information content (AvgIpc) is 2.18. The van der Waals surface area contributed by atoms with E-state index in [4.69, 9.17) is 5.26 Å². The monoisotopic (exact) mass is 194 g/mol. The van der Waals surface area contributed by atoms with E-state index in [0.717, 1.165) is 0 Å². The molecule has 0 amide bonds. The van der Waals surface area contributed by atoms with Crippen molar-refractivity contribution in [3.05, 3.63) is 23.9 Å². The fourth-order valence-electron chi connectivity index (χ4n) is 0.766. The Labute approximate surface area is 81.4 Å². The maximum Gasteiger partial charge on any atom is 0.105 e. The molecule has 1 aromatic rings. The van der Waals surface area contributed by atoms with Gasteiger partial charge in [0.1, 0.15) is 5.44 Å². The van der Waals surface area contributed by atoms with E-state index >= 15 is 0 Å². The summed E-state index contributed by atoms with van der Waals surface area (Å²) in [6.45, 7) is 1.89. The van der Waals surface area contributed by atoms with E-state index in [-0.39, 0.29) is 0 Å². The van der Waals surface area contributed by atoms with Crippen LogP contribution in [0.2, 0.25) is 0 Å². The molecule has 0 aliphatic heterocycles. The number of aliphatic hydroxyl groups excluding tert-OH is 1. The number of aromatic nitrogens is 1. The number of hydrogen-bond donors (Lipinski definition) is 1. The topological polar surface area (TPSA) is 56.9 Å². The summed E-state index contributed by atoms with van der Waals surface area (Å²) in [5, 5.41) is 18.6. The van der Waals surface area contributed by atoms with Gasteiger partial charge in [-0.15, -0.1) is 0 Å². The van der Waals surface area contributed by atoms with E-state index < -0.39 is 5.44 Å². The van der Waals surface area contributed by atoms with Crippen LogP contribution in [0.3, 0.4) is 0 Å². The minimum Gasteiger partial charge on any atom is -0.382 e. The summed E-state index contributed by atoms with van der Waals surface area (Å²) in [4.78, 5) is 4.03. The van der Waals surface area contributed by atoms with Crippen LogP contribution in [-0.4, -0.2) is 15.5 Å². The van der Waals surface area contributed by atoms with Gasteiger partial charge in [-0.25, -0.2) is 4.98 Å². The van der Waals surface area contributed by atoms with Crippen LogP contribution in [0.4, 0.5) is 0 Å². The van der Waals surface area contributed by atoms with Crippen LogP contribution in [0.25, 0.3) is 0 Å². The maximum atomic E-state index is 9.32. The molecule has 0 saturated heterocycles. The van der Waals surface area contributed by atoms with Crippen molar-refractivity contribution in [3.63, 3.8) is 0 Å². The fraction of sp³-hybridized carbons (Fsp3) is 0.333. The van der Waals surface area contributed by atoms with Crippen LogP contribution in [-0.2, 0) is 0 Å². The molecule has 1 rings (SSSR count). The summed E-state index contributed by atoms with van der Waals surface area (Å²) < 4.78 is 0. The zero-order valence-electron chi connectivity index (χ0n) is 7.27. The summed E-state index contributed by atoms with van der Waals surface area (Å²) in [5.41, 5.74) is 0.127. The lowest BCUT2D eigenvalue weighted by atomic mass is 10.3. The normalized spacial score (nSPS) is 12.1. The van der Waals surface area contributed by atoms with Crippen LogP contribution in [0.1, 0.15) is 18.9 Å². The molecule has 0 radical (unpaired) electrons. The number of thioether (sulfide) groups is 1. The zero-order chi connectivity index (χ0) is 9.68. The summed E-state index contributed by atoms with van der Waals surface area (Å²) in [5.74, 6) is 0. The quantitative estimate of drug-likeness (QED) is 0.588. The second-order valence-corrected chi connectivity index (χ2v) is 3.67. The first-order valence-corrected chi connectivity index (χ1v) is 4.85. The number of nitrogens with zero attached hydrogens (tertiary/aromatic N) is 2. The molecule has 0 aromatic carbocycles. The van der Waals surface area contributed by atoms with Crippen LogP contribution in [0.5, 0.6) is 0 Å². The van der Waals surface area contributed by atoms with Crippen LogP contribution < -0.4 is 0 Å². The number of nitriles is 1. The van der Waals surface area contributed by atoms with Crippen molar-refractivity contribution >= 4 is 11.8 Å². The smallest absolute Gasteiger partial charge is 0.105 e. The molecular weight excluding hydrogens is 184 g/mol. The lowest BCUT2D eigenvalue weighted by Gasteiger charge is -2.05. The Morgan fingerprint density at radius 2 is 2.54 bits per heavy atom. The van der Waals surface area contributed by atoms with Gasteiger partial charge in [-0.2, -0.15) is 5.26 Å². The second-order valence-electron chi connectivity index (χ2n) is 2.48. The maximum absolute atomic E-state index is 9.32. The third-order valence-corrected chi connectivity index (χ3v) is 2.54. The van der Waals surface area contributed by atoms with E-state index in [1.54, 1.807) is 18.3 Å².